The predicted molar refractivity (Wildman–Crippen MR) is 108 cm³/mol. The third-order valence-electron chi connectivity index (χ3n) is 6.53. The molecular formula is C21H31N3O2S. The lowest BCUT2D eigenvalue weighted by Crippen LogP contribution is -2.66. The van der Waals surface area contributed by atoms with Gasteiger partial charge in [-0.3, -0.25) is 14.5 Å². The Labute approximate surface area is 166 Å². The number of rotatable bonds is 5. The third kappa shape index (κ3) is 3.84. The summed E-state index contributed by atoms with van der Waals surface area (Å²) in [4.78, 5) is 32.3. The Balaban J connectivity index is 1.53. The van der Waals surface area contributed by atoms with Crippen LogP contribution in [0.3, 0.4) is 0 Å². The Kier molecular flexibility index (Phi) is 5.41. The Morgan fingerprint density at radius 3 is 2.78 bits per heavy atom. The molecule has 1 aromatic heterocycles. The van der Waals surface area contributed by atoms with Gasteiger partial charge in [0.1, 0.15) is 0 Å². The van der Waals surface area contributed by atoms with Gasteiger partial charge in [-0.2, -0.15) is 0 Å². The first kappa shape index (κ1) is 19.1. The lowest BCUT2D eigenvalue weighted by Gasteiger charge is -2.57. The Bertz CT molecular complexity index is 716. The van der Waals surface area contributed by atoms with Crippen molar-refractivity contribution in [3.63, 3.8) is 0 Å². The maximum absolute atomic E-state index is 12.8. The van der Waals surface area contributed by atoms with Crippen LogP contribution >= 0.6 is 11.3 Å². The van der Waals surface area contributed by atoms with Crippen LogP contribution in [0.15, 0.2) is 11.4 Å². The molecule has 148 valence electrons. The minimum absolute atomic E-state index is 0.157. The first-order chi connectivity index (χ1) is 12.9. The molecule has 0 saturated carbocycles. The first-order valence-corrected chi connectivity index (χ1v) is 11.1. The summed E-state index contributed by atoms with van der Waals surface area (Å²) >= 11 is 1.56. The highest BCUT2D eigenvalue weighted by Crippen LogP contribution is 2.42. The van der Waals surface area contributed by atoms with Crippen molar-refractivity contribution in [3.8, 4) is 0 Å². The fourth-order valence-corrected chi connectivity index (χ4v) is 6.32. The summed E-state index contributed by atoms with van der Waals surface area (Å²) in [5.41, 5.74) is 1.26. The highest BCUT2D eigenvalue weighted by Gasteiger charge is 2.49. The van der Waals surface area contributed by atoms with E-state index in [4.69, 9.17) is 0 Å². The van der Waals surface area contributed by atoms with Crippen LogP contribution in [0.5, 0.6) is 0 Å². The molecule has 4 atom stereocenters. The van der Waals surface area contributed by atoms with E-state index in [2.05, 4.69) is 40.2 Å². The van der Waals surface area contributed by atoms with Crippen molar-refractivity contribution in [3.05, 3.63) is 21.9 Å². The van der Waals surface area contributed by atoms with Gasteiger partial charge in [-0.25, -0.2) is 0 Å². The number of hydrogen-bond donors (Lipinski definition) is 0. The number of thiophene rings is 1. The van der Waals surface area contributed by atoms with Crippen LogP contribution in [0.1, 0.15) is 47.8 Å². The molecule has 0 unspecified atom stereocenters. The van der Waals surface area contributed by atoms with E-state index in [1.807, 2.05) is 0 Å². The molecule has 3 saturated heterocycles. The maximum atomic E-state index is 12.8. The van der Waals surface area contributed by atoms with Crippen LogP contribution in [-0.2, 0) is 11.3 Å². The molecule has 4 heterocycles. The van der Waals surface area contributed by atoms with Crippen molar-refractivity contribution >= 4 is 23.0 Å². The van der Waals surface area contributed by atoms with Gasteiger partial charge >= 0.3 is 0 Å². The fourth-order valence-electron chi connectivity index (χ4n) is 5.51. The van der Waals surface area contributed by atoms with Crippen molar-refractivity contribution in [2.45, 2.75) is 51.2 Å². The van der Waals surface area contributed by atoms with E-state index in [1.54, 1.807) is 18.3 Å². The van der Waals surface area contributed by atoms with Gasteiger partial charge in [0.2, 0.25) is 5.91 Å². The summed E-state index contributed by atoms with van der Waals surface area (Å²) in [6.45, 7) is 5.65. The number of amides is 1. The molecule has 1 aromatic rings. The summed E-state index contributed by atoms with van der Waals surface area (Å²) in [6, 6.07) is 2.82. The van der Waals surface area contributed by atoms with Gasteiger partial charge in [-0.15, -0.1) is 11.3 Å². The lowest BCUT2D eigenvalue weighted by atomic mass is 9.72. The topological polar surface area (TPSA) is 43.9 Å². The molecule has 0 radical (unpaired) electrons. The molecule has 27 heavy (non-hydrogen) atoms. The molecule has 3 aliphatic heterocycles. The van der Waals surface area contributed by atoms with Gasteiger partial charge in [0.15, 0.2) is 5.78 Å². The summed E-state index contributed by atoms with van der Waals surface area (Å²) in [7, 11) is 4.23. The van der Waals surface area contributed by atoms with E-state index in [0.717, 1.165) is 50.3 Å². The van der Waals surface area contributed by atoms with Crippen molar-refractivity contribution < 1.29 is 9.59 Å². The molecule has 4 rings (SSSR count). The zero-order chi connectivity index (χ0) is 19.1. The summed E-state index contributed by atoms with van der Waals surface area (Å²) in [5.74, 6) is 1.68. The van der Waals surface area contributed by atoms with Gasteiger partial charge < -0.3 is 9.80 Å². The van der Waals surface area contributed by atoms with Crippen LogP contribution in [0.4, 0.5) is 0 Å². The second-order valence-corrected chi connectivity index (χ2v) is 9.83. The van der Waals surface area contributed by atoms with Gasteiger partial charge in [0.05, 0.1) is 4.88 Å². The molecule has 1 amide bonds. The quantitative estimate of drug-likeness (QED) is 0.727. The van der Waals surface area contributed by atoms with Crippen LogP contribution < -0.4 is 0 Å². The molecule has 0 aromatic carbocycles. The SMILES string of the molecule is CC(=O)c1cc(CN2C[C@H]3C[C@@H](C2)[C@H](CN(C)C)N2C(=O)CCC[C@@H]32)cs1. The Morgan fingerprint density at radius 1 is 1.30 bits per heavy atom. The largest absolute Gasteiger partial charge is 0.335 e. The minimum Gasteiger partial charge on any atom is -0.335 e. The number of likely N-dealkylation sites (tertiary alicyclic amines) is 1. The smallest absolute Gasteiger partial charge is 0.223 e. The summed E-state index contributed by atoms with van der Waals surface area (Å²) in [5, 5.41) is 2.13. The number of carbonyl (C=O) groups excluding carboxylic acids is 2. The van der Waals surface area contributed by atoms with Crippen molar-refractivity contribution in [2.75, 3.05) is 33.7 Å². The van der Waals surface area contributed by atoms with Crippen LogP contribution in [0, 0.1) is 11.8 Å². The Hall–Kier alpha value is -1.24. The molecule has 3 fully saturated rings. The molecule has 5 nitrogen and oxygen atoms in total. The van der Waals surface area contributed by atoms with Crippen molar-refractivity contribution in [1.82, 2.24) is 14.7 Å². The van der Waals surface area contributed by atoms with E-state index in [9.17, 15) is 9.59 Å². The zero-order valence-electron chi connectivity index (χ0n) is 16.7. The minimum atomic E-state index is 0.157. The van der Waals surface area contributed by atoms with E-state index >= 15 is 0 Å². The predicted octanol–water partition coefficient (Wildman–Crippen LogP) is 2.71. The molecular weight excluding hydrogens is 358 g/mol. The zero-order valence-corrected chi connectivity index (χ0v) is 17.5. The second kappa shape index (κ2) is 7.64. The van der Waals surface area contributed by atoms with E-state index in [1.165, 1.54) is 12.0 Å². The molecule has 2 bridgehead atoms. The van der Waals surface area contributed by atoms with Crippen LogP contribution in [0.25, 0.3) is 0 Å². The average molecular weight is 390 g/mol. The van der Waals surface area contributed by atoms with Crippen molar-refractivity contribution in [2.24, 2.45) is 11.8 Å². The van der Waals surface area contributed by atoms with Crippen LogP contribution in [-0.4, -0.2) is 72.2 Å². The monoisotopic (exact) mass is 389 g/mol. The lowest BCUT2D eigenvalue weighted by molar-refractivity contribution is -0.153. The molecule has 0 N–H and O–H groups in total. The summed E-state index contributed by atoms with van der Waals surface area (Å²) in [6.07, 6.45) is 4.19. The standard InChI is InChI=1S/C21H31N3O2S/c1-14(25)20-7-15(13-27-20)9-23-10-16-8-17(11-23)19(12-22(2)3)24-18(16)5-4-6-21(24)26/h7,13,16-19H,4-6,8-12H2,1-3H3/t16-,17+,18+,19+/m1/s1. The van der Waals surface area contributed by atoms with Crippen molar-refractivity contribution in [1.29, 1.82) is 0 Å². The molecule has 6 heteroatoms. The maximum Gasteiger partial charge on any atom is 0.223 e. The normalized spacial score (nSPS) is 31.3. The number of piperidine rings is 3. The number of Topliss-reactive ketones (excluding diaryl/α,β-unsaturated/α-hetero) is 1. The highest BCUT2D eigenvalue weighted by atomic mass is 32.1. The number of likely N-dealkylation sites (N-methyl/N-ethyl adjacent to an activating group) is 1. The number of hydrogen-bond acceptors (Lipinski definition) is 5. The van der Waals surface area contributed by atoms with Gasteiger partial charge in [-0.05, 0) is 69.1 Å². The van der Waals surface area contributed by atoms with Gasteiger partial charge in [0, 0.05) is 44.7 Å². The van der Waals surface area contributed by atoms with E-state index in [-0.39, 0.29) is 5.78 Å². The number of fused-ring (bicyclic) bond motifs is 4. The van der Waals surface area contributed by atoms with E-state index < -0.39 is 0 Å². The van der Waals surface area contributed by atoms with Crippen LogP contribution in [0.2, 0.25) is 0 Å². The average Bonchev–Trinajstić information content (AvgIpc) is 3.07. The summed E-state index contributed by atoms with van der Waals surface area (Å²) < 4.78 is 0. The van der Waals surface area contributed by atoms with E-state index in [0.29, 0.717) is 29.8 Å². The fraction of sp³-hybridized carbons (Fsp3) is 0.714. The highest BCUT2D eigenvalue weighted by molar-refractivity contribution is 7.12. The first-order valence-electron chi connectivity index (χ1n) is 10.2. The number of nitrogens with zero attached hydrogens (tertiary/aromatic N) is 3. The van der Waals surface area contributed by atoms with Gasteiger partial charge in [0.25, 0.3) is 0 Å². The molecule has 0 aliphatic carbocycles. The molecule has 3 aliphatic rings. The second-order valence-electron chi connectivity index (χ2n) is 8.92. The molecule has 0 spiro atoms. The number of ketones is 1. The Morgan fingerprint density at radius 2 is 2.07 bits per heavy atom. The van der Waals surface area contributed by atoms with Gasteiger partial charge in [-0.1, -0.05) is 0 Å². The number of carbonyl (C=O) groups is 2. The third-order valence-corrected chi connectivity index (χ3v) is 7.61.